The summed E-state index contributed by atoms with van der Waals surface area (Å²) in [6, 6.07) is 8.75. The second-order valence-electron chi connectivity index (χ2n) is 6.57. The molecule has 5 heteroatoms. The molecule has 2 N–H and O–H groups in total. The SMILES string of the molecule is CNC(=O)Nc1ccc(N2CCC(N3CCCCC3)CC2)cc1. The predicted molar refractivity (Wildman–Crippen MR) is 95.2 cm³/mol. The summed E-state index contributed by atoms with van der Waals surface area (Å²) in [6.45, 7) is 4.85. The highest BCUT2D eigenvalue weighted by atomic mass is 16.2. The van der Waals surface area contributed by atoms with Crippen LogP contribution in [0.25, 0.3) is 0 Å². The average Bonchev–Trinajstić information content (AvgIpc) is 2.63. The van der Waals surface area contributed by atoms with Gasteiger partial charge in [0.1, 0.15) is 0 Å². The van der Waals surface area contributed by atoms with Crippen molar-refractivity contribution in [3.8, 4) is 0 Å². The number of urea groups is 1. The van der Waals surface area contributed by atoms with Gasteiger partial charge in [-0.1, -0.05) is 6.42 Å². The van der Waals surface area contributed by atoms with Crippen LogP contribution in [0.5, 0.6) is 0 Å². The number of piperidine rings is 2. The summed E-state index contributed by atoms with van der Waals surface area (Å²) in [4.78, 5) is 16.5. The molecule has 0 atom stereocenters. The number of hydrogen-bond donors (Lipinski definition) is 2. The van der Waals surface area contributed by atoms with Crippen LogP contribution in [0.1, 0.15) is 32.1 Å². The lowest BCUT2D eigenvalue weighted by molar-refractivity contribution is 0.141. The molecule has 3 rings (SSSR count). The Kier molecular flexibility index (Phi) is 5.39. The van der Waals surface area contributed by atoms with Crippen molar-refractivity contribution >= 4 is 17.4 Å². The lowest BCUT2D eigenvalue weighted by atomic mass is 9.99. The van der Waals surface area contributed by atoms with Crippen molar-refractivity contribution in [3.05, 3.63) is 24.3 Å². The molecule has 2 aliphatic heterocycles. The van der Waals surface area contributed by atoms with Gasteiger partial charge in [0.2, 0.25) is 0 Å². The molecule has 2 aliphatic rings. The topological polar surface area (TPSA) is 47.6 Å². The molecule has 0 bridgehead atoms. The van der Waals surface area contributed by atoms with Crippen LogP contribution in [-0.2, 0) is 0 Å². The van der Waals surface area contributed by atoms with E-state index in [1.54, 1.807) is 7.05 Å². The second-order valence-corrected chi connectivity index (χ2v) is 6.57. The van der Waals surface area contributed by atoms with Gasteiger partial charge < -0.3 is 20.4 Å². The van der Waals surface area contributed by atoms with Gasteiger partial charge in [-0.2, -0.15) is 0 Å². The number of amides is 2. The lowest BCUT2D eigenvalue weighted by Crippen LogP contribution is -2.46. The number of rotatable bonds is 3. The van der Waals surface area contributed by atoms with Crippen LogP contribution in [-0.4, -0.2) is 50.2 Å². The van der Waals surface area contributed by atoms with Crippen molar-refractivity contribution in [2.24, 2.45) is 0 Å². The van der Waals surface area contributed by atoms with Crippen LogP contribution < -0.4 is 15.5 Å². The maximum absolute atomic E-state index is 11.3. The predicted octanol–water partition coefficient (Wildman–Crippen LogP) is 2.89. The van der Waals surface area contributed by atoms with Gasteiger partial charge in [-0.3, -0.25) is 0 Å². The van der Waals surface area contributed by atoms with Crippen molar-refractivity contribution in [1.29, 1.82) is 0 Å². The monoisotopic (exact) mass is 316 g/mol. The standard InChI is InChI=1S/C18H28N4O/c1-19-18(23)20-15-5-7-16(8-6-15)22-13-9-17(10-14-22)21-11-3-2-4-12-21/h5-8,17H,2-4,9-14H2,1H3,(H2,19,20,23). The molecule has 0 saturated carbocycles. The molecule has 126 valence electrons. The Bertz CT molecular complexity index is 502. The van der Waals surface area contributed by atoms with Crippen LogP contribution in [0.15, 0.2) is 24.3 Å². The summed E-state index contributed by atoms with van der Waals surface area (Å²) < 4.78 is 0. The zero-order valence-corrected chi connectivity index (χ0v) is 14.1. The molecular formula is C18H28N4O. The number of nitrogens with one attached hydrogen (secondary N) is 2. The molecule has 2 saturated heterocycles. The molecule has 0 aliphatic carbocycles. The highest BCUT2D eigenvalue weighted by Crippen LogP contribution is 2.25. The summed E-state index contributed by atoms with van der Waals surface area (Å²) in [5.41, 5.74) is 2.08. The summed E-state index contributed by atoms with van der Waals surface area (Å²) in [6.07, 6.45) is 6.68. The number of benzene rings is 1. The molecule has 0 radical (unpaired) electrons. The third-order valence-corrected chi connectivity index (χ3v) is 5.09. The molecule has 2 heterocycles. The van der Waals surface area contributed by atoms with E-state index in [1.165, 1.54) is 50.9 Å². The quantitative estimate of drug-likeness (QED) is 0.901. The van der Waals surface area contributed by atoms with Gasteiger partial charge in [0, 0.05) is 37.6 Å². The van der Waals surface area contributed by atoms with Gasteiger partial charge in [-0.25, -0.2) is 4.79 Å². The number of hydrogen-bond acceptors (Lipinski definition) is 3. The van der Waals surface area contributed by atoms with Gasteiger partial charge in [0.25, 0.3) is 0 Å². The van der Waals surface area contributed by atoms with E-state index in [9.17, 15) is 4.79 Å². The Morgan fingerprint density at radius 2 is 1.65 bits per heavy atom. The zero-order chi connectivity index (χ0) is 16.1. The first-order valence-corrected chi connectivity index (χ1v) is 8.84. The Hall–Kier alpha value is -1.75. The minimum absolute atomic E-state index is 0.180. The minimum atomic E-state index is -0.180. The molecular weight excluding hydrogens is 288 g/mol. The van der Waals surface area contributed by atoms with Crippen LogP contribution in [0, 0.1) is 0 Å². The van der Waals surface area contributed by atoms with Crippen LogP contribution in [0.2, 0.25) is 0 Å². The minimum Gasteiger partial charge on any atom is -0.371 e. The van der Waals surface area contributed by atoms with Crippen LogP contribution in [0.4, 0.5) is 16.2 Å². The molecule has 0 spiro atoms. The number of carbonyl (C=O) groups is 1. The van der Waals surface area contributed by atoms with Gasteiger partial charge in [0.15, 0.2) is 0 Å². The van der Waals surface area contributed by atoms with E-state index in [2.05, 4.69) is 32.6 Å². The fourth-order valence-electron chi connectivity index (χ4n) is 3.72. The number of carbonyl (C=O) groups excluding carboxylic acids is 1. The Morgan fingerprint density at radius 1 is 1.00 bits per heavy atom. The first-order chi connectivity index (χ1) is 11.3. The first-order valence-electron chi connectivity index (χ1n) is 8.84. The van der Waals surface area contributed by atoms with Gasteiger partial charge in [-0.15, -0.1) is 0 Å². The van der Waals surface area contributed by atoms with E-state index < -0.39 is 0 Å². The summed E-state index contributed by atoms with van der Waals surface area (Å²) in [7, 11) is 1.62. The third-order valence-electron chi connectivity index (χ3n) is 5.09. The molecule has 23 heavy (non-hydrogen) atoms. The molecule has 1 aromatic carbocycles. The molecule has 2 amide bonds. The average molecular weight is 316 g/mol. The Morgan fingerprint density at radius 3 is 2.26 bits per heavy atom. The van der Waals surface area contributed by atoms with E-state index in [-0.39, 0.29) is 6.03 Å². The summed E-state index contributed by atoms with van der Waals surface area (Å²) >= 11 is 0. The molecule has 0 unspecified atom stereocenters. The number of nitrogens with zero attached hydrogens (tertiary/aromatic N) is 2. The van der Waals surface area contributed by atoms with E-state index in [1.807, 2.05) is 12.1 Å². The second kappa shape index (κ2) is 7.68. The largest absolute Gasteiger partial charge is 0.371 e. The zero-order valence-electron chi connectivity index (χ0n) is 14.1. The fraction of sp³-hybridized carbons (Fsp3) is 0.611. The first kappa shape index (κ1) is 16.1. The van der Waals surface area contributed by atoms with Crippen LogP contribution in [0.3, 0.4) is 0 Å². The van der Waals surface area contributed by atoms with Crippen LogP contribution >= 0.6 is 0 Å². The van der Waals surface area contributed by atoms with Crippen molar-refractivity contribution < 1.29 is 4.79 Å². The molecule has 1 aromatic rings. The Balaban J connectivity index is 1.52. The van der Waals surface area contributed by atoms with Gasteiger partial charge in [-0.05, 0) is 63.0 Å². The normalized spacial score (nSPS) is 20.3. The maximum atomic E-state index is 11.3. The number of anilines is 2. The van der Waals surface area contributed by atoms with E-state index in [4.69, 9.17) is 0 Å². The summed E-state index contributed by atoms with van der Waals surface area (Å²) in [5, 5.41) is 5.36. The van der Waals surface area contributed by atoms with Crippen molar-refractivity contribution in [2.75, 3.05) is 43.4 Å². The number of likely N-dealkylation sites (tertiary alicyclic amines) is 1. The highest BCUT2D eigenvalue weighted by Gasteiger charge is 2.25. The fourth-order valence-corrected chi connectivity index (χ4v) is 3.72. The van der Waals surface area contributed by atoms with Gasteiger partial charge >= 0.3 is 6.03 Å². The maximum Gasteiger partial charge on any atom is 0.318 e. The molecule has 0 aromatic heterocycles. The van der Waals surface area contributed by atoms with Crippen molar-refractivity contribution in [3.63, 3.8) is 0 Å². The van der Waals surface area contributed by atoms with Crippen molar-refractivity contribution in [1.82, 2.24) is 10.2 Å². The summed E-state index contributed by atoms with van der Waals surface area (Å²) in [5.74, 6) is 0. The lowest BCUT2D eigenvalue weighted by Gasteiger charge is -2.41. The van der Waals surface area contributed by atoms with E-state index in [0.29, 0.717) is 0 Å². The Labute approximate surface area is 139 Å². The molecule has 5 nitrogen and oxygen atoms in total. The van der Waals surface area contributed by atoms with E-state index >= 15 is 0 Å². The van der Waals surface area contributed by atoms with Gasteiger partial charge in [0.05, 0.1) is 0 Å². The third kappa shape index (κ3) is 4.16. The highest BCUT2D eigenvalue weighted by molar-refractivity contribution is 5.89. The smallest absolute Gasteiger partial charge is 0.318 e. The van der Waals surface area contributed by atoms with Crippen molar-refractivity contribution in [2.45, 2.75) is 38.1 Å². The van der Waals surface area contributed by atoms with E-state index in [0.717, 1.165) is 24.8 Å². The molecule has 2 fully saturated rings.